The number of nitrogens with two attached hydrogens (primary N) is 1. The Kier molecular flexibility index (Phi) is 7.77. The Morgan fingerprint density at radius 3 is 2.56 bits per heavy atom. The maximum absolute atomic E-state index is 5.87. The third kappa shape index (κ3) is 6.66. The third-order valence-electron chi connectivity index (χ3n) is 3.71. The maximum Gasteiger partial charge on any atom is 0.0288 e. The molecule has 1 aliphatic rings. The van der Waals surface area contributed by atoms with E-state index >= 15 is 0 Å². The predicted molar refractivity (Wildman–Crippen MR) is 77.9 cm³/mol. The zero-order valence-corrected chi connectivity index (χ0v) is 12.0. The van der Waals surface area contributed by atoms with Crippen molar-refractivity contribution in [3.05, 3.63) is 0 Å². The van der Waals surface area contributed by atoms with Gasteiger partial charge in [-0.1, -0.05) is 0 Å². The van der Waals surface area contributed by atoms with E-state index in [-0.39, 0.29) is 5.54 Å². The molecule has 5 heteroatoms. The van der Waals surface area contributed by atoms with E-state index in [4.69, 9.17) is 5.73 Å². The Morgan fingerprint density at radius 1 is 1.06 bits per heavy atom. The quantitative estimate of drug-likeness (QED) is 0.427. The summed E-state index contributed by atoms with van der Waals surface area (Å²) in [5.74, 6) is 0. The molecule has 1 heterocycles. The summed E-state index contributed by atoms with van der Waals surface area (Å²) in [4.78, 5) is 0. The van der Waals surface area contributed by atoms with Crippen LogP contribution < -0.4 is 27.0 Å². The van der Waals surface area contributed by atoms with Gasteiger partial charge in [-0.15, -0.1) is 0 Å². The summed E-state index contributed by atoms with van der Waals surface area (Å²) >= 11 is 0. The molecule has 2 atom stereocenters. The molecule has 0 bridgehead atoms. The van der Waals surface area contributed by atoms with E-state index in [2.05, 4.69) is 35.1 Å². The van der Waals surface area contributed by atoms with Gasteiger partial charge in [0.2, 0.25) is 0 Å². The van der Waals surface area contributed by atoms with Gasteiger partial charge in [0.25, 0.3) is 0 Å². The van der Waals surface area contributed by atoms with Gasteiger partial charge in [-0.25, -0.2) is 0 Å². The Hall–Kier alpha value is -0.200. The summed E-state index contributed by atoms with van der Waals surface area (Å²) < 4.78 is 0. The summed E-state index contributed by atoms with van der Waals surface area (Å²) in [6, 6.07) is 0.588. The van der Waals surface area contributed by atoms with Gasteiger partial charge in [0.15, 0.2) is 0 Å². The van der Waals surface area contributed by atoms with Crippen LogP contribution in [0.1, 0.15) is 26.7 Å². The van der Waals surface area contributed by atoms with Gasteiger partial charge in [-0.2, -0.15) is 0 Å². The molecule has 1 aliphatic heterocycles. The zero-order chi connectivity index (χ0) is 13.3. The summed E-state index contributed by atoms with van der Waals surface area (Å²) in [5.41, 5.74) is 5.92. The molecule has 0 radical (unpaired) electrons. The minimum absolute atomic E-state index is 0.0551. The SMILES string of the molecule is CC1CCNCCN[C@@](C)(CN)CCNCCN1. The lowest BCUT2D eigenvalue weighted by atomic mass is 9.98. The van der Waals surface area contributed by atoms with Crippen LogP contribution in [0, 0.1) is 0 Å². The Labute approximate surface area is 112 Å². The molecule has 0 aromatic carbocycles. The lowest BCUT2D eigenvalue weighted by Crippen LogP contribution is -2.52. The normalized spacial score (nSPS) is 33.8. The van der Waals surface area contributed by atoms with Gasteiger partial charge in [0.1, 0.15) is 0 Å². The fraction of sp³-hybridized carbons (Fsp3) is 1.00. The molecule has 5 nitrogen and oxygen atoms in total. The van der Waals surface area contributed by atoms with Crippen LogP contribution in [0.2, 0.25) is 0 Å². The highest BCUT2D eigenvalue weighted by Gasteiger charge is 2.20. The van der Waals surface area contributed by atoms with Crippen LogP contribution in [0.4, 0.5) is 0 Å². The number of hydrogen-bond donors (Lipinski definition) is 5. The van der Waals surface area contributed by atoms with Gasteiger partial charge in [0.05, 0.1) is 0 Å². The highest BCUT2D eigenvalue weighted by atomic mass is 15.0. The van der Waals surface area contributed by atoms with Crippen LogP contribution in [-0.2, 0) is 0 Å². The first-order chi connectivity index (χ1) is 8.66. The van der Waals surface area contributed by atoms with Crippen molar-refractivity contribution in [3.63, 3.8) is 0 Å². The minimum Gasteiger partial charge on any atom is -0.329 e. The first-order valence-electron chi connectivity index (χ1n) is 7.26. The second-order valence-corrected chi connectivity index (χ2v) is 5.59. The molecule has 0 aromatic heterocycles. The van der Waals surface area contributed by atoms with Crippen molar-refractivity contribution in [2.75, 3.05) is 45.8 Å². The molecule has 0 amide bonds. The standard InChI is InChI=1S/C13H31N5/c1-12-3-5-15-8-10-18-13(2,11-14)4-6-16-7-9-17-12/h12,15-18H,3-11,14H2,1-2H3/t12?,13-/m1/s1. The van der Waals surface area contributed by atoms with Crippen molar-refractivity contribution < 1.29 is 0 Å². The molecule has 1 unspecified atom stereocenters. The van der Waals surface area contributed by atoms with Crippen LogP contribution in [0.15, 0.2) is 0 Å². The van der Waals surface area contributed by atoms with Crippen molar-refractivity contribution in [3.8, 4) is 0 Å². The smallest absolute Gasteiger partial charge is 0.0288 e. The van der Waals surface area contributed by atoms with E-state index in [1.165, 1.54) is 6.42 Å². The van der Waals surface area contributed by atoms with Gasteiger partial charge in [-0.3, -0.25) is 0 Å². The molecule has 1 fully saturated rings. The third-order valence-corrected chi connectivity index (χ3v) is 3.71. The molecule has 0 aromatic rings. The molecule has 6 N–H and O–H groups in total. The van der Waals surface area contributed by atoms with Gasteiger partial charge in [-0.05, 0) is 39.8 Å². The van der Waals surface area contributed by atoms with Crippen LogP contribution in [0.25, 0.3) is 0 Å². The van der Waals surface area contributed by atoms with Crippen molar-refractivity contribution in [2.24, 2.45) is 5.73 Å². The molecule has 0 aliphatic carbocycles. The second-order valence-electron chi connectivity index (χ2n) is 5.59. The summed E-state index contributed by atoms with van der Waals surface area (Å²) in [7, 11) is 0. The van der Waals surface area contributed by atoms with Crippen LogP contribution in [-0.4, -0.2) is 57.4 Å². The first kappa shape index (κ1) is 15.9. The molecular weight excluding hydrogens is 226 g/mol. The topological polar surface area (TPSA) is 74.1 Å². The zero-order valence-electron chi connectivity index (χ0n) is 12.0. The minimum atomic E-state index is 0.0551. The van der Waals surface area contributed by atoms with E-state index in [1.807, 2.05) is 0 Å². The highest BCUT2D eigenvalue weighted by molar-refractivity contribution is 4.85. The van der Waals surface area contributed by atoms with Crippen molar-refractivity contribution in [2.45, 2.75) is 38.3 Å². The summed E-state index contributed by atoms with van der Waals surface area (Å²) in [6.45, 7) is 11.3. The van der Waals surface area contributed by atoms with Gasteiger partial charge >= 0.3 is 0 Å². The molecule has 1 rings (SSSR count). The summed E-state index contributed by atoms with van der Waals surface area (Å²) in [5, 5.41) is 14.0. The number of nitrogens with one attached hydrogen (secondary N) is 4. The largest absolute Gasteiger partial charge is 0.329 e. The molecular formula is C13H31N5. The van der Waals surface area contributed by atoms with E-state index in [9.17, 15) is 0 Å². The molecule has 18 heavy (non-hydrogen) atoms. The molecule has 0 spiro atoms. The van der Waals surface area contributed by atoms with Crippen LogP contribution in [0.5, 0.6) is 0 Å². The Morgan fingerprint density at radius 2 is 1.78 bits per heavy atom. The van der Waals surface area contributed by atoms with E-state index < -0.39 is 0 Å². The first-order valence-corrected chi connectivity index (χ1v) is 7.26. The predicted octanol–water partition coefficient (Wildman–Crippen LogP) is -0.755. The lowest BCUT2D eigenvalue weighted by Gasteiger charge is -2.30. The number of rotatable bonds is 1. The monoisotopic (exact) mass is 257 g/mol. The van der Waals surface area contributed by atoms with Crippen LogP contribution in [0.3, 0.4) is 0 Å². The Balaban J connectivity index is 2.34. The van der Waals surface area contributed by atoms with Gasteiger partial charge < -0.3 is 27.0 Å². The van der Waals surface area contributed by atoms with E-state index in [0.717, 1.165) is 45.7 Å². The van der Waals surface area contributed by atoms with Crippen molar-refractivity contribution in [1.82, 2.24) is 21.3 Å². The van der Waals surface area contributed by atoms with Crippen LogP contribution >= 0.6 is 0 Å². The lowest BCUT2D eigenvalue weighted by molar-refractivity contribution is 0.329. The molecule has 1 saturated heterocycles. The Bertz CT molecular complexity index is 194. The van der Waals surface area contributed by atoms with Gasteiger partial charge in [0, 0.05) is 44.3 Å². The summed E-state index contributed by atoms with van der Waals surface area (Å²) in [6.07, 6.45) is 2.24. The second kappa shape index (κ2) is 8.82. The van der Waals surface area contributed by atoms with E-state index in [1.54, 1.807) is 0 Å². The average Bonchev–Trinajstić information content (AvgIpc) is 2.37. The maximum atomic E-state index is 5.87. The number of hydrogen-bond acceptors (Lipinski definition) is 5. The van der Waals surface area contributed by atoms with E-state index in [0.29, 0.717) is 12.6 Å². The molecule has 108 valence electrons. The fourth-order valence-electron chi connectivity index (χ4n) is 2.16. The van der Waals surface area contributed by atoms with Crippen molar-refractivity contribution in [1.29, 1.82) is 0 Å². The van der Waals surface area contributed by atoms with Crippen molar-refractivity contribution >= 4 is 0 Å². The fourth-order valence-corrected chi connectivity index (χ4v) is 2.16. The highest BCUT2D eigenvalue weighted by Crippen LogP contribution is 2.05. The average molecular weight is 257 g/mol. The molecule has 0 saturated carbocycles.